The second-order valence-electron chi connectivity index (χ2n) is 15.9. The van der Waals surface area contributed by atoms with Crippen LogP contribution in [0.1, 0.15) is 44.5 Å². The molecule has 60 heavy (non-hydrogen) atoms. The van der Waals surface area contributed by atoms with Gasteiger partial charge in [0.2, 0.25) is 0 Å². The molecule has 0 saturated heterocycles. The summed E-state index contributed by atoms with van der Waals surface area (Å²) >= 11 is 1.80. The van der Waals surface area contributed by atoms with Gasteiger partial charge in [-0.2, -0.15) is 0 Å². The second-order valence-corrected chi connectivity index (χ2v) is 16.8. The summed E-state index contributed by atoms with van der Waals surface area (Å²) < 4.78 is 1.27. The number of nitrogens with zero attached hydrogens (tertiary/aromatic N) is 1. The van der Waals surface area contributed by atoms with Gasteiger partial charge in [0.25, 0.3) is 0 Å². The van der Waals surface area contributed by atoms with Crippen molar-refractivity contribution in [3.05, 3.63) is 280 Å². The van der Waals surface area contributed by atoms with E-state index in [-0.39, 0.29) is 0 Å². The Kier molecular flexibility index (Phi) is 7.91. The van der Waals surface area contributed by atoms with Gasteiger partial charge >= 0.3 is 0 Å². The van der Waals surface area contributed by atoms with Crippen LogP contribution in [0.2, 0.25) is 0 Å². The fourth-order valence-electron chi connectivity index (χ4n) is 10.9. The molecule has 0 fully saturated rings. The Morgan fingerprint density at radius 1 is 0.317 bits per heavy atom. The van der Waals surface area contributed by atoms with Crippen LogP contribution < -0.4 is 4.90 Å². The highest BCUT2D eigenvalue weighted by Gasteiger charge is 2.50. The van der Waals surface area contributed by atoms with E-state index >= 15 is 0 Å². The Labute approximate surface area is 355 Å². The molecule has 0 bridgehead atoms. The maximum Gasteiger partial charge on any atom is 0.0734 e. The Bertz CT molecular complexity index is 3120. The zero-order valence-electron chi connectivity index (χ0n) is 32.9. The standard InChI is InChI=1S/C58H39NS/c1-5-20-40(21-6-1)57(41-22-7-2-8-23-41)49-32-16-14-29-46(49)55-50(57)33-18-35-52(55)59(51-34-19-37-54-47(51)38-39-60-54)53-36-17-30-45-44-28-13-15-31-48(44)58(56(45)53,42-24-9-3-10-25-42)43-26-11-4-12-27-43/h1-39H. The van der Waals surface area contributed by atoms with Gasteiger partial charge in [-0.3, -0.25) is 0 Å². The SMILES string of the molecule is c1ccc(C2(c3ccccc3)c3ccccc3-c3c(N(c4cccc5c4C(c4ccccc4)(c4ccccc4)c4ccccc4-5)c4cccc5sccc45)cccc32)cc1. The van der Waals surface area contributed by atoms with E-state index in [1.165, 1.54) is 76.8 Å². The molecule has 0 N–H and O–H groups in total. The van der Waals surface area contributed by atoms with Crippen molar-refractivity contribution in [2.45, 2.75) is 10.8 Å². The average molecular weight is 782 g/mol. The van der Waals surface area contributed by atoms with Crippen molar-refractivity contribution in [2.24, 2.45) is 0 Å². The molecule has 0 saturated carbocycles. The smallest absolute Gasteiger partial charge is 0.0734 e. The number of anilines is 3. The average Bonchev–Trinajstić information content (AvgIpc) is 4.02. The largest absolute Gasteiger partial charge is 0.309 e. The maximum atomic E-state index is 2.61. The van der Waals surface area contributed by atoms with Gasteiger partial charge in [0.05, 0.1) is 27.9 Å². The lowest BCUT2D eigenvalue weighted by Crippen LogP contribution is -2.30. The number of thiophene rings is 1. The van der Waals surface area contributed by atoms with Crippen LogP contribution in [0, 0.1) is 0 Å². The molecule has 0 amide bonds. The monoisotopic (exact) mass is 781 g/mol. The molecule has 2 aliphatic carbocycles. The maximum absolute atomic E-state index is 2.61. The number of rotatable bonds is 7. The molecule has 282 valence electrons. The summed E-state index contributed by atoms with van der Waals surface area (Å²) in [6.45, 7) is 0. The molecule has 0 aliphatic heterocycles. The van der Waals surface area contributed by atoms with Crippen LogP contribution in [0.3, 0.4) is 0 Å². The first-order chi connectivity index (χ1) is 29.8. The van der Waals surface area contributed by atoms with E-state index in [4.69, 9.17) is 0 Å². The van der Waals surface area contributed by atoms with Gasteiger partial charge in [0.1, 0.15) is 0 Å². The van der Waals surface area contributed by atoms with Gasteiger partial charge in [-0.1, -0.05) is 200 Å². The zero-order valence-corrected chi connectivity index (χ0v) is 33.7. The zero-order chi connectivity index (χ0) is 39.7. The lowest BCUT2D eigenvalue weighted by atomic mass is 9.67. The first kappa shape index (κ1) is 34.8. The highest BCUT2D eigenvalue weighted by molar-refractivity contribution is 7.17. The van der Waals surface area contributed by atoms with Gasteiger partial charge in [-0.15, -0.1) is 11.3 Å². The van der Waals surface area contributed by atoms with Gasteiger partial charge in [-0.05, 0) is 91.3 Å². The molecule has 12 rings (SSSR count). The van der Waals surface area contributed by atoms with E-state index in [0.717, 1.165) is 17.1 Å². The topological polar surface area (TPSA) is 3.24 Å². The van der Waals surface area contributed by atoms with E-state index in [2.05, 4.69) is 241 Å². The van der Waals surface area contributed by atoms with E-state index < -0.39 is 10.8 Å². The fourth-order valence-corrected chi connectivity index (χ4v) is 11.7. The molecule has 1 nitrogen and oxygen atoms in total. The van der Waals surface area contributed by atoms with Gasteiger partial charge in [-0.25, -0.2) is 0 Å². The number of hydrogen-bond acceptors (Lipinski definition) is 2. The van der Waals surface area contributed by atoms with Crippen molar-refractivity contribution in [2.75, 3.05) is 4.90 Å². The molecule has 9 aromatic carbocycles. The van der Waals surface area contributed by atoms with E-state index in [1.807, 2.05) is 0 Å². The fraction of sp³-hybridized carbons (Fsp3) is 0.0345. The third-order valence-electron chi connectivity index (χ3n) is 13.1. The minimum Gasteiger partial charge on any atom is -0.309 e. The van der Waals surface area contributed by atoms with Crippen LogP contribution in [0.4, 0.5) is 17.1 Å². The third-order valence-corrected chi connectivity index (χ3v) is 14.0. The van der Waals surface area contributed by atoms with Crippen molar-refractivity contribution in [1.29, 1.82) is 0 Å². The second kappa shape index (κ2) is 13.7. The summed E-state index contributed by atoms with van der Waals surface area (Å²) in [5.74, 6) is 0. The molecule has 1 heterocycles. The third kappa shape index (κ3) is 4.74. The first-order valence-corrected chi connectivity index (χ1v) is 21.6. The van der Waals surface area contributed by atoms with Gasteiger partial charge in [0.15, 0.2) is 0 Å². The summed E-state index contributed by atoms with van der Waals surface area (Å²) in [6, 6.07) is 85.9. The first-order valence-electron chi connectivity index (χ1n) is 20.8. The Hall–Kier alpha value is -7.26. The van der Waals surface area contributed by atoms with E-state index in [1.54, 1.807) is 11.3 Å². The quantitative estimate of drug-likeness (QED) is 0.156. The lowest BCUT2D eigenvalue weighted by molar-refractivity contribution is 0.766. The van der Waals surface area contributed by atoms with Crippen LogP contribution in [0.15, 0.2) is 236 Å². The van der Waals surface area contributed by atoms with Crippen molar-refractivity contribution < 1.29 is 0 Å². The summed E-state index contributed by atoms with van der Waals surface area (Å²) in [5.41, 5.74) is 17.6. The van der Waals surface area contributed by atoms with Gasteiger partial charge in [0, 0.05) is 21.2 Å². The van der Waals surface area contributed by atoms with E-state index in [9.17, 15) is 0 Å². The predicted molar refractivity (Wildman–Crippen MR) is 251 cm³/mol. The minimum atomic E-state index is -0.598. The lowest BCUT2D eigenvalue weighted by Gasteiger charge is -2.38. The molecule has 0 unspecified atom stereocenters. The van der Waals surface area contributed by atoms with Crippen LogP contribution in [0.5, 0.6) is 0 Å². The van der Waals surface area contributed by atoms with Crippen LogP contribution >= 0.6 is 11.3 Å². The number of hydrogen-bond donors (Lipinski definition) is 0. The van der Waals surface area contributed by atoms with Crippen LogP contribution in [0.25, 0.3) is 32.3 Å². The predicted octanol–water partition coefficient (Wildman–Crippen LogP) is 15.1. The normalized spacial score (nSPS) is 13.9. The van der Waals surface area contributed by atoms with Crippen LogP contribution in [-0.2, 0) is 10.8 Å². The summed E-state index contributed by atoms with van der Waals surface area (Å²) in [4.78, 5) is 2.61. The Morgan fingerprint density at radius 2 is 0.767 bits per heavy atom. The number of fused-ring (bicyclic) bond motifs is 7. The van der Waals surface area contributed by atoms with Gasteiger partial charge < -0.3 is 4.90 Å². The highest BCUT2D eigenvalue weighted by atomic mass is 32.1. The highest BCUT2D eigenvalue weighted by Crippen LogP contribution is 2.63. The summed E-state index contributed by atoms with van der Waals surface area (Å²) in [5, 5.41) is 3.47. The molecule has 0 atom stereocenters. The molecule has 10 aromatic rings. The molecule has 2 heteroatoms. The number of benzene rings is 9. The van der Waals surface area contributed by atoms with Crippen molar-refractivity contribution in [3.63, 3.8) is 0 Å². The van der Waals surface area contributed by atoms with Crippen molar-refractivity contribution >= 4 is 38.5 Å². The van der Waals surface area contributed by atoms with Crippen molar-refractivity contribution in [1.82, 2.24) is 0 Å². The van der Waals surface area contributed by atoms with Crippen LogP contribution in [-0.4, -0.2) is 0 Å². The Morgan fingerprint density at radius 3 is 1.40 bits per heavy atom. The molecule has 1 aromatic heterocycles. The summed E-state index contributed by atoms with van der Waals surface area (Å²) in [6.07, 6.45) is 0. The Balaban J connectivity index is 1.24. The van der Waals surface area contributed by atoms with E-state index in [0.29, 0.717) is 0 Å². The summed E-state index contributed by atoms with van der Waals surface area (Å²) in [7, 11) is 0. The van der Waals surface area contributed by atoms with Crippen molar-refractivity contribution in [3.8, 4) is 22.3 Å². The molecular formula is C58H39NS. The molecule has 0 radical (unpaired) electrons. The minimum absolute atomic E-state index is 0.531. The molecule has 2 aliphatic rings. The molecule has 0 spiro atoms. The molecular weight excluding hydrogens is 743 g/mol.